The number of nitrogens with zero attached hydrogens (tertiary/aromatic N) is 5. The number of carbonyl (C=O) groups is 1. The summed E-state index contributed by atoms with van der Waals surface area (Å²) >= 11 is 0. The molecule has 0 aliphatic carbocycles. The number of amides is 1. The fourth-order valence-electron chi connectivity index (χ4n) is 3.31. The zero-order valence-corrected chi connectivity index (χ0v) is 14.9. The number of rotatable bonds is 4. The third-order valence-electron chi connectivity index (χ3n) is 4.63. The van der Waals surface area contributed by atoms with Gasteiger partial charge in [-0.05, 0) is 22.4 Å². The van der Waals surface area contributed by atoms with E-state index in [0.717, 1.165) is 0 Å². The minimum absolute atomic E-state index is 0.265. The van der Waals surface area contributed by atoms with Crippen LogP contribution in [0.25, 0.3) is 16.4 Å². The second-order valence-corrected chi connectivity index (χ2v) is 6.47. The molecule has 5 rings (SSSR count). The molecular formula is C21H16N6O. The van der Waals surface area contributed by atoms with E-state index in [1.165, 1.54) is 22.5 Å². The molecule has 0 saturated carbocycles. The van der Waals surface area contributed by atoms with Crippen molar-refractivity contribution < 1.29 is 4.79 Å². The van der Waals surface area contributed by atoms with Crippen molar-refractivity contribution in [1.29, 1.82) is 0 Å². The fraction of sp³-hybridized carbons (Fsp3) is 0.0476. The topological polar surface area (TPSA) is 77.1 Å². The summed E-state index contributed by atoms with van der Waals surface area (Å²) in [5.41, 5.74) is 2.73. The van der Waals surface area contributed by atoms with Crippen molar-refractivity contribution in [3.05, 3.63) is 90.6 Å². The van der Waals surface area contributed by atoms with Crippen LogP contribution in [-0.2, 0) is 6.54 Å². The Kier molecular flexibility index (Phi) is 3.83. The Balaban J connectivity index is 1.37. The quantitative estimate of drug-likeness (QED) is 0.528. The first-order chi connectivity index (χ1) is 13.8. The fourth-order valence-corrected chi connectivity index (χ4v) is 3.31. The summed E-state index contributed by atoms with van der Waals surface area (Å²) in [6.07, 6.45) is 8.36. The molecule has 0 aliphatic heterocycles. The smallest absolute Gasteiger partial charge is 0.261 e. The Hall–Kier alpha value is -4.00. The van der Waals surface area contributed by atoms with Gasteiger partial charge in [-0.3, -0.25) is 9.48 Å². The molecule has 0 bridgehead atoms. The van der Waals surface area contributed by atoms with E-state index in [-0.39, 0.29) is 5.91 Å². The minimum Gasteiger partial charge on any atom is -0.319 e. The molecule has 0 atom stereocenters. The number of carbonyl (C=O) groups excluding carboxylic acids is 1. The number of hydrogen-bond donors (Lipinski definition) is 1. The molecule has 0 fully saturated rings. The van der Waals surface area contributed by atoms with Crippen LogP contribution in [0.3, 0.4) is 0 Å². The molecule has 0 unspecified atom stereocenters. The second-order valence-electron chi connectivity index (χ2n) is 6.47. The Morgan fingerprint density at radius 2 is 1.89 bits per heavy atom. The van der Waals surface area contributed by atoms with E-state index in [1.54, 1.807) is 29.2 Å². The largest absolute Gasteiger partial charge is 0.319 e. The first-order valence-corrected chi connectivity index (χ1v) is 8.87. The zero-order valence-electron chi connectivity index (χ0n) is 14.9. The molecule has 3 aromatic heterocycles. The van der Waals surface area contributed by atoms with Gasteiger partial charge in [-0.15, -0.1) is 0 Å². The Morgan fingerprint density at radius 3 is 2.86 bits per heavy atom. The van der Waals surface area contributed by atoms with Crippen LogP contribution in [0, 0.1) is 0 Å². The van der Waals surface area contributed by atoms with E-state index in [2.05, 4.69) is 44.8 Å². The minimum atomic E-state index is -0.265. The Labute approximate surface area is 160 Å². The summed E-state index contributed by atoms with van der Waals surface area (Å²) in [6.45, 7) is 0.621. The van der Waals surface area contributed by atoms with Gasteiger partial charge in [0.1, 0.15) is 5.56 Å². The van der Waals surface area contributed by atoms with Gasteiger partial charge >= 0.3 is 0 Å². The van der Waals surface area contributed by atoms with Gasteiger partial charge in [-0.25, -0.2) is 9.50 Å². The van der Waals surface area contributed by atoms with Gasteiger partial charge in [0.05, 0.1) is 24.6 Å². The lowest BCUT2D eigenvalue weighted by Gasteiger charge is -2.06. The molecule has 2 aromatic carbocycles. The molecule has 5 aromatic rings. The highest BCUT2D eigenvalue weighted by atomic mass is 16.1. The van der Waals surface area contributed by atoms with E-state index >= 15 is 0 Å². The highest BCUT2D eigenvalue weighted by Gasteiger charge is 2.14. The van der Waals surface area contributed by atoms with E-state index in [4.69, 9.17) is 0 Å². The Bertz CT molecular complexity index is 1300. The van der Waals surface area contributed by atoms with Crippen molar-refractivity contribution in [3.63, 3.8) is 0 Å². The average molecular weight is 368 g/mol. The maximum absolute atomic E-state index is 12.6. The number of anilines is 1. The molecule has 1 N–H and O–H groups in total. The molecule has 28 heavy (non-hydrogen) atoms. The van der Waals surface area contributed by atoms with Crippen LogP contribution in [0.5, 0.6) is 0 Å². The number of fused-ring (bicyclic) bond motifs is 2. The predicted octanol–water partition coefficient (Wildman–Crippen LogP) is 3.38. The monoisotopic (exact) mass is 368 g/mol. The molecule has 7 heteroatoms. The van der Waals surface area contributed by atoms with Crippen LogP contribution < -0.4 is 5.32 Å². The van der Waals surface area contributed by atoms with Crippen LogP contribution in [0.15, 0.2) is 79.5 Å². The highest BCUT2D eigenvalue weighted by Crippen LogP contribution is 2.20. The lowest BCUT2D eigenvalue weighted by molar-refractivity contribution is 0.102. The summed E-state index contributed by atoms with van der Waals surface area (Å²) in [5.74, 6) is -0.265. The third kappa shape index (κ3) is 2.88. The van der Waals surface area contributed by atoms with Crippen LogP contribution in [0.4, 0.5) is 5.69 Å². The van der Waals surface area contributed by atoms with Crippen LogP contribution >= 0.6 is 0 Å². The number of aromatic nitrogens is 5. The van der Waals surface area contributed by atoms with Crippen molar-refractivity contribution in [1.82, 2.24) is 24.4 Å². The highest BCUT2D eigenvalue weighted by molar-refractivity contribution is 6.08. The maximum atomic E-state index is 12.6. The first-order valence-electron chi connectivity index (χ1n) is 8.87. The van der Waals surface area contributed by atoms with Gasteiger partial charge in [0, 0.05) is 18.6 Å². The van der Waals surface area contributed by atoms with Crippen LogP contribution in [0.2, 0.25) is 0 Å². The maximum Gasteiger partial charge on any atom is 0.261 e. The molecule has 7 nitrogen and oxygen atoms in total. The van der Waals surface area contributed by atoms with Gasteiger partial charge in [-0.1, -0.05) is 42.5 Å². The van der Waals surface area contributed by atoms with Crippen LogP contribution in [-0.4, -0.2) is 30.3 Å². The van der Waals surface area contributed by atoms with E-state index in [9.17, 15) is 4.79 Å². The van der Waals surface area contributed by atoms with E-state index < -0.39 is 0 Å². The molecule has 1 amide bonds. The van der Waals surface area contributed by atoms with Crippen molar-refractivity contribution in [3.8, 4) is 0 Å². The molecule has 136 valence electrons. The summed E-state index contributed by atoms with van der Waals surface area (Å²) in [6, 6.07) is 16.3. The van der Waals surface area contributed by atoms with E-state index in [0.29, 0.717) is 23.4 Å². The van der Waals surface area contributed by atoms with Crippen molar-refractivity contribution in [2.75, 3.05) is 5.32 Å². The van der Waals surface area contributed by atoms with Gasteiger partial charge < -0.3 is 5.32 Å². The standard InChI is InChI=1S/C21H16N6O/c28-21(19-12-24-27-10-4-9-22-20(19)27)25-17-11-23-26(14-17)13-16-7-3-6-15-5-1-2-8-18(15)16/h1-12,14H,13H2,(H,25,28). The third-order valence-corrected chi connectivity index (χ3v) is 4.63. The normalized spacial score (nSPS) is 11.1. The van der Waals surface area contributed by atoms with E-state index in [1.807, 2.05) is 29.1 Å². The zero-order chi connectivity index (χ0) is 18.9. The van der Waals surface area contributed by atoms with Crippen LogP contribution in [0.1, 0.15) is 15.9 Å². The van der Waals surface area contributed by atoms with Crippen molar-refractivity contribution in [2.24, 2.45) is 0 Å². The number of nitrogens with one attached hydrogen (secondary N) is 1. The summed E-state index contributed by atoms with van der Waals surface area (Å²) < 4.78 is 3.38. The lowest BCUT2D eigenvalue weighted by atomic mass is 10.0. The first kappa shape index (κ1) is 16.2. The van der Waals surface area contributed by atoms with Gasteiger partial charge in [0.25, 0.3) is 5.91 Å². The molecule has 0 spiro atoms. The van der Waals surface area contributed by atoms with Gasteiger partial charge in [0.2, 0.25) is 0 Å². The molecule has 3 heterocycles. The summed E-state index contributed by atoms with van der Waals surface area (Å²) in [7, 11) is 0. The van der Waals surface area contributed by atoms with Crippen molar-refractivity contribution >= 4 is 28.0 Å². The predicted molar refractivity (Wildman–Crippen MR) is 106 cm³/mol. The number of hydrogen-bond acceptors (Lipinski definition) is 4. The molecule has 0 saturated heterocycles. The molecule has 0 aliphatic rings. The summed E-state index contributed by atoms with van der Waals surface area (Å²) in [5, 5.41) is 13.8. The van der Waals surface area contributed by atoms with Crippen molar-refractivity contribution in [2.45, 2.75) is 6.54 Å². The van der Waals surface area contributed by atoms with Gasteiger partial charge in [0.15, 0.2) is 5.65 Å². The Morgan fingerprint density at radius 1 is 1.00 bits per heavy atom. The number of benzene rings is 2. The second kappa shape index (κ2) is 6.62. The summed E-state index contributed by atoms with van der Waals surface area (Å²) in [4.78, 5) is 16.8. The SMILES string of the molecule is O=C(Nc1cnn(Cc2cccc3ccccc23)c1)c1cnn2cccnc12. The molecular weight excluding hydrogens is 352 g/mol. The van der Waals surface area contributed by atoms with Gasteiger partial charge in [-0.2, -0.15) is 10.2 Å². The average Bonchev–Trinajstić information content (AvgIpc) is 3.35. The molecule has 0 radical (unpaired) electrons. The lowest BCUT2D eigenvalue weighted by Crippen LogP contribution is -2.11.